The molecule has 100 valence electrons. The van der Waals surface area contributed by atoms with E-state index in [1.807, 2.05) is 0 Å². The van der Waals surface area contributed by atoms with Crippen molar-refractivity contribution in [2.75, 3.05) is 24.7 Å². The number of aromatic nitrogens is 2. The van der Waals surface area contributed by atoms with Gasteiger partial charge in [-0.15, -0.1) is 0 Å². The summed E-state index contributed by atoms with van der Waals surface area (Å²) in [6, 6.07) is 0. The molecule has 3 N–H and O–H groups in total. The Balaban J connectivity index is 2.13. The number of hydrogen-bond acceptors (Lipinski definition) is 5. The SMILES string of the molecule is COc1nc(C2CC2)nc(NCCC(C)C)c1N. The van der Waals surface area contributed by atoms with Crippen LogP contribution in [0.4, 0.5) is 11.5 Å². The van der Waals surface area contributed by atoms with Crippen molar-refractivity contribution in [3.05, 3.63) is 5.82 Å². The summed E-state index contributed by atoms with van der Waals surface area (Å²) < 4.78 is 5.22. The van der Waals surface area contributed by atoms with Crippen molar-refractivity contribution in [2.45, 2.75) is 39.0 Å². The fraction of sp³-hybridized carbons (Fsp3) is 0.692. The van der Waals surface area contributed by atoms with Crippen LogP contribution in [-0.4, -0.2) is 23.6 Å². The fourth-order valence-electron chi connectivity index (χ4n) is 1.76. The van der Waals surface area contributed by atoms with Gasteiger partial charge in [-0.1, -0.05) is 13.8 Å². The van der Waals surface area contributed by atoms with Gasteiger partial charge in [0, 0.05) is 12.5 Å². The Morgan fingerprint density at radius 1 is 1.39 bits per heavy atom. The van der Waals surface area contributed by atoms with E-state index >= 15 is 0 Å². The van der Waals surface area contributed by atoms with Crippen molar-refractivity contribution in [3.63, 3.8) is 0 Å². The second kappa shape index (κ2) is 5.42. The van der Waals surface area contributed by atoms with Crippen LogP contribution in [0, 0.1) is 5.92 Å². The van der Waals surface area contributed by atoms with Gasteiger partial charge in [-0.25, -0.2) is 4.98 Å². The second-order valence-electron chi connectivity index (χ2n) is 5.24. The number of hydrogen-bond donors (Lipinski definition) is 2. The molecule has 0 saturated heterocycles. The smallest absolute Gasteiger partial charge is 0.242 e. The lowest BCUT2D eigenvalue weighted by Crippen LogP contribution is -2.11. The molecule has 2 rings (SSSR count). The van der Waals surface area contributed by atoms with E-state index in [2.05, 4.69) is 29.1 Å². The van der Waals surface area contributed by atoms with Crippen LogP contribution in [0.15, 0.2) is 0 Å². The standard InChI is InChI=1S/C13H22N4O/c1-8(2)6-7-15-12-10(14)13(18-3)17-11(16-12)9-4-5-9/h8-9H,4-7,14H2,1-3H3,(H,15,16,17). The van der Waals surface area contributed by atoms with Crippen LogP contribution in [0.1, 0.15) is 44.9 Å². The van der Waals surface area contributed by atoms with Gasteiger partial charge in [0.15, 0.2) is 5.82 Å². The van der Waals surface area contributed by atoms with Gasteiger partial charge in [0.2, 0.25) is 5.88 Å². The van der Waals surface area contributed by atoms with Crippen molar-refractivity contribution in [2.24, 2.45) is 5.92 Å². The first-order valence-corrected chi connectivity index (χ1v) is 6.57. The average Bonchev–Trinajstić information content (AvgIpc) is 3.15. The summed E-state index contributed by atoms with van der Waals surface area (Å²) in [6.07, 6.45) is 3.42. The summed E-state index contributed by atoms with van der Waals surface area (Å²) in [5, 5.41) is 3.29. The minimum atomic E-state index is 0.485. The Hall–Kier alpha value is -1.52. The van der Waals surface area contributed by atoms with Gasteiger partial charge < -0.3 is 15.8 Å². The highest BCUT2D eigenvalue weighted by atomic mass is 16.5. The maximum absolute atomic E-state index is 5.99. The number of ether oxygens (including phenoxy) is 1. The van der Waals surface area contributed by atoms with Crippen molar-refractivity contribution in [3.8, 4) is 5.88 Å². The van der Waals surface area contributed by atoms with Gasteiger partial charge in [-0.05, 0) is 25.2 Å². The minimum absolute atomic E-state index is 0.485. The zero-order valence-electron chi connectivity index (χ0n) is 11.4. The molecule has 0 spiro atoms. The van der Waals surface area contributed by atoms with Gasteiger partial charge in [0.1, 0.15) is 11.5 Å². The Morgan fingerprint density at radius 3 is 2.67 bits per heavy atom. The first kappa shape index (κ1) is 12.9. The number of nitrogen functional groups attached to an aromatic ring is 1. The molecule has 1 saturated carbocycles. The molecule has 1 aromatic rings. The highest BCUT2D eigenvalue weighted by Crippen LogP contribution is 2.40. The predicted octanol–water partition coefficient (Wildman–Crippen LogP) is 2.40. The van der Waals surface area contributed by atoms with Crippen molar-refractivity contribution in [1.29, 1.82) is 0 Å². The van der Waals surface area contributed by atoms with Crippen LogP contribution < -0.4 is 15.8 Å². The van der Waals surface area contributed by atoms with E-state index in [4.69, 9.17) is 10.5 Å². The first-order chi connectivity index (χ1) is 8.61. The number of anilines is 2. The normalized spacial score (nSPS) is 14.9. The molecule has 18 heavy (non-hydrogen) atoms. The molecule has 0 aromatic carbocycles. The quantitative estimate of drug-likeness (QED) is 0.811. The Bertz CT molecular complexity index is 416. The lowest BCUT2D eigenvalue weighted by molar-refractivity contribution is 0.397. The Labute approximate surface area is 108 Å². The van der Waals surface area contributed by atoms with Gasteiger partial charge in [-0.2, -0.15) is 4.98 Å². The van der Waals surface area contributed by atoms with E-state index in [0.717, 1.165) is 18.8 Å². The third-order valence-electron chi connectivity index (χ3n) is 3.08. The second-order valence-corrected chi connectivity index (χ2v) is 5.24. The zero-order valence-corrected chi connectivity index (χ0v) is 11.4. The number of nitrogens with two attached hydrogens (primary N) is 1. The highest BCUT2D eigenvalue weighted by Gasteiger charge is 2.28. The maximum atomic E-state index is 5.99. The third-order valence-corrected chi connectivity index (χ3v) is 3.08. The van der Waals surface area contributed by atoms with Crippen LogP contribution in [0.5, 0.6) is 5.88 Å². The molecule has 1 aliphatic rings. The van der Waals surface area contributed by atoms with E-state index in [1.54, 1.807) is 7.11 Å². The molecule has 1 heterocycles. The lowest BCUT2D eigenvalue weighted by atomic mass is 10.1. The lowest BCUT2D eigenvalue weighted by Gasteiger charge is -2.13. The third kappa shape index (κ3) is 3.03. The summed E-state index contributed by atoms with van der Waals surface area (Å²) in [5.41, 5.74) is 6.49. The number of rotatable bonds is 6. The van der Waals surface area contributed by atoms with E-state index in [1.165, 1.54) is 12.8 Å². The summed E-state index contributed by atoms with van der Waals surface area (Å²) >= 11 is 0. The number of nitrogens with zero attached hydrogens (tertiary/aromatic N) is 2. The van der Waals surface area contributed by atoms with Crippen LogP contribution in [0.25, 0.3) is 0 Å². The largest absolute Gasteiger partial charge is 0.479 e. The van der Waals surface area contributed by atoms with Gasteiger partial charge in [0.05, 0.1) is 7.11 Å². The monoisotopic (exact) mass is 250 g/mol. The number of methoxy groups -OCH3 is 1. The predicted molar refractivity (Wildman–Crippen MR) is 72.9 cm³/mol. The van der Waals surface area contributed by atoms with Gasteiger partial charge in [0.25, 0.3) is 0 Å². The Kier molecular flexibility index (Phi) is 3.89. The maximum Gasteiger partial charge on any atom is 0.242 e. The molecule has 1 aromatic heterocycles. The fourth-order valence-corrected chi connectivity index (χ4v) is 1.76. The van der Waals surface area contributed by atoms with Crippen molar-refractivity contribution >= 4 is 11.5 Å². The van der Waals surface area contributed by atoms with E-state index in [9.17, 15) is 0 Å². The molecule has 5 heteroatoms. The van der Waals surface area contributed by atoms with E-state index in [-0.39, 0.29) is 0 Å². The summed E-state index contributed by atoms with van der Waals surface area (Å²) in [6.45, 7) is 5.26. The molecule has 0 bridgehead atoms. The molecule has 0 amide bonds. The molecule has 0 aliphatic heterocycles. The molecule has 1 aliphatic carbocycles. The molecule has 1 fully saturated rings. The zero-order chi connectivity index (χ0) is 13.1. The van der Waals surface area contributed by atoms with Crippen LogP contribution in [0.2, 0.25) is 0 Å². The van der Waals surface area contributed by atoms with E-state index < -0.39 is 0 Å². The highest BCUT2D eigenvalue weighted by molar-refractivity contribution is 5.67. The van der Waals surface area contributed by atoms with Crippen LogP contribution in [0.3, 0.4) is 0 Å². The molecular formula is C13H22N4O. The molecule has 0 unspecified atom stereocenters. The van der Waals surface area contributed by atoms with Crippen molar-refractivity contribution in [1.82, 2.24) is 9.97 Å². The molecule has 0 atom stereocenters. The number of nitrogens with one attached hydrogen (secondary N) is 1. The molecular weight excluding hydrogens is 228 g/mol. The minimum Gasteiger partial charge on any atom is -0.479 e. The van der Waals surface area contributed by atoms with Gasteiger partial charge in [-0.3, -0.25) is 0 Å². The molecule has 0 radical (unpaired) electrons. The average molecular weight is 250 g/mol. The van der Waals surface area contributed by atoms with Crippen molar-refractivity contribution < 1.29 is 4.74 Å². The van der Waals surface area contributed by atoms with Crippen LogP contribution in [-0.2, 0) is 0 Å². The van der Waals surface area contributed by atoms with Crippen LogP contribution >= 0.6 is 0 Å². The summed E-state index contributed by atoms with van der Waals surface area (Å²) in [7, 11) is 1.59. The summed E-state index contributed by atoms with van der Waals surface area (Å²) in [4.78, 5) is 8.87. The Morgan fingerprint density at radius 2 is 2.11 bits per heavy atom. The van der Waals surface area contributed by atoms with E-state index in [0.29, 0.717) is 29.2 Å². The van der Waals surface area contributed by atoms with Gasteiger partial charge >= 0.3 is 0 Å². The first-order valence-electron chi connectivity index (χ1n) is 6.57. The molecule has 5 nitrogen and oxygen atoms in total. The topological polar surface area (TPSA) is 73.1 Å². The summed E-state index contributed by atoms with van der Waals surface area (Å²) in [5.74, 6) is 3.20.